The largest absolute Gasteiger partial charge is 0.388 e. The topological polar surface area (TPSA) is 69.6 Å². The normalized spacial score (nSPS) is 39.8. The second-order valence-electron chi connectivity index (χ2n) is 6.58. The van der Waals surface area contributed by atoms with Crippen LogP contribution in [0.2, 0.25) is 0 Å². The fourth-order valence-electron chi connectivity index (χ4n) is 3.82. The standard InChI is InChI=1S/C18H25NO6/c1-21-18-14(19-7-9-22-10-8-19)15(20)16-13(24-18)11-23-17(25-16)12-5-3-2-4-6-12/h2-6,13-18,20H,7-11H2,1H3/t13?,14?,15?,16-,17?,18+/m1/s1. The minimum absolute atomic E-state index is 0.287. The Morgan fingerprint density at radius 1 is 1.12 bits per heavy atom. The van der Waals surface area contributed by atoms with Gasteiger partial charge in [0, 0.05) is 25.8 Å². The third-order valence-corrected chi connectivity index (χ3v) is 5.10. The maximum atomic E-state index is 11.1. The summed E-state index contributed by atoms with van der Waals surface area (Å²) < 4.78 is 28.9. The van der Waals surface area contributed by atoms with E-state index in [0.29, 0.717) is 19.8 Å². The lowest BCUT2D eigenvalue weighted by Crippen LogP contribution is -2.67. The van der Waals surface area contributed by atoms with E-state index in [-0.39, 0.29) is 12.1 Å². The van der Waals surface area contributed by atoms with E-state index < -0.39 is 24.8 Å². The van der Waals surface area contributed by atoms with Crippen molar-refractivity contribution < 1.29 is 28.8 Å². The Bertz CT molecular complexity index is 552. The van der Waals surface area contributed by atoms with E-state index in [4.69, 9.17) is 23.7 Å². The van der Waals surface area contributed by atoms with Crippen LogP contribution in [0.4, 0.5) is 0 Å². The second-order valence-corrected chi connectivity index (χ2v) is 6.58. The molecule has 7 nitrogen and oxygen atoms in total. The van der Waals surface area contributed by atoms with Crippen molar-refractivity contribution in [2.75, 3.05) is 40.0 Å². The van der Waals surface area contributed by atoms with E-state index in [1.54, 1.807) is 7.11 Å². The van der Waals surface area contributed by atoms with Gasteiger partial charge >= 0.3 is 0 Å². The van der Waals surface area contributed by atoms with Gasteiger partial charge in [-0.15, -0.1) is 0 Å². The highest BCUT2D eigenvalue weighted by Gasteiger charge is 2.51. The Morgan fingerprint density at radius 3 is 2.60 bits per heavy atom. The molecule has 0 amide bonds. The lowest BCUT2D eigenvalue weighted by Gasteiger charge is -2.50. The number of rotatable bonds is 3. The maximum Gasteiger partial charge on any atom is 0.184 e. The first kappa shape index (κ1) is 17.4. The number of fused-ring (bicyclic) bond motifs is 1. The molecule has 1 aromatic carbocycles. The summed E-state index contributed by atoms with van der Waals surface area (Å²) in [5.41, 5.74) is 0.935. The van der Waals surface area contributed by atoms with Crippen molar-refractivity contribution in [1.82, 2.24) is 4.90 Å². The molecule has 0 aromatic heterocycles. The zero-order valence-electron chi connectivity index (χ0n) is 14.3. The third kappa shape index (κ3) is 3.46. The quantitative estimate of drug-likeness (QED) is 0.852. The molecular formula is C18H25NO6. The molecule has 7 heteroatoms. The lowest BCUT2D eigenvalue weighted by atomic mass is 9.94. The van der Waals surface area contributed by atoms with Crippen LogP contribution >= 0.6 is 0 Å². The smallest absolute Gasteiger partial charge is 0.184 e. The van der Waals surface area contributed by atoms with Crippen LogP contribution < -0.4 is 0 Å². The number of morpholine rings is 1. The molecule has 3 heterocycles. The first-order valence-electron chi connectivity index (χ1n) is 8.78. The Hall–Kier alpha value is -1.06. The Kier molecular flexibility index (Phi) is 5.33. The highest BCUT2D eigenvalue weighted by molar-refractivity contribution is 5.16. The van der Waals surface area contributed by atoms with E-state index >= 15 is 0 Å². The molecule has 1 N–H and O–H groups in total. The molecule has 0 radical (unpaired) electrons. The van der Waals surface area contributed by atoms with Gasteiger partial charge in [0.15, 0.2) is 12.6 Å². The molecule has 0 aliphatic carbocycles. The SMILES string of the molecule is CO[C@H]1OC2COC(c3ccccc3)O[C@H]2C(O)C1N1CCOCC1. The van der Waals surface area contributed by atoms with Crippen LogP contribution in [0.3, 0.4) is 0 Å². The van der Waals surface area contributed by atoms with Crippen LogP contribution in [0, 0.1) is 0 Å². The van der Waals surface area contributed by atoms with Crippen molar-refractivity contribution in [2.45, 2.75) is 36.9 Å². The third-order valence-electron chi connectivity index (χ3n) is 5.10. The Morgan fingerprint density at radius 2 is 1.88 bits per heavy atom. The number of aliphatic hydroxyl groups is 1. The summed E-state index contributed by atoms with van der Waals surface area (Å²) in [6.07, 6.45) is -2.55. The van der Waals surface area contributed by atoms with Gasteiger partial charge in [-0.1, -0.05) is 30.3 Å². The molecule has 3 aliphatic heterocycles. The summed E-state index contributed by atoms with van der Waals surface area (Å²) in [5, 5.41) is 11.1. The number of methoxy groups -OCH3 is 1. The highest BCUT2D eigenvalue weighted by Crippen LogP contribution is 2.35. The molecule has 0 saturated carbocycles. The summed E-state index contributed by atoms with van der Waals surface area (Å²) in [5.74, 6) is 0. The molecule has 1 aromatic rings. The van der Waals surface area contributed by atoms with Gasteiger partial charge in [0.1, 0.15) is 18.3 Å². The van der Waals surface area contributed by atoms with Gasteiger partial charge < -0.3 is 28.8 Å². The van der Waals surface area contributed by atoms with E-state index in [1.807, 2.05) is 30.3 Å². The zero-order chi connectivity index (χ0) is 17.2. The molecule has 4 rings (SSSR count). The number of hydrogen-bond acceptors (Lipinski definition) is 7. The van der Waals surface area contributed by atoms with E-state index in [0.717, 1.165) is 18.7 Å². The van der Waals surface area contributed by atoms with E-state index in [2.05, 4.69) is 4.90 Å². The van der Waals surface area contributed by atoms with Crippen molar-refractivity contribution >= 4 is 0 Å². The fourth-order valence-corrected chi connectivity index (χ4v) is 3.82. The number of nitrogens with zero attached hydrogens (tertiary/aromatic N) is 1. The molecule has 6 atom stereocenters. The molecule has 4 unspecified atom stereocenters. The first-order valence-corrected chi connectivity index (χ1v) is 8.78. The zero-order valence-corrected chi connectivity index (χ0v) is 14.3. The van der Waals surface area contributed by atoms with Gasteiger partial charge in [0.05, 0.1) is 25.9 Å². The van der Waals surface area contributed by atoms with E-state index in [1.165, 1.54) is 0 Å². The second kappa shape index (κ2) is 7.67. The summed E-state index contributed by atoms with van der Waals surface area (Å²) in [6.45, 7) is 3.12. The van der Waals surface area contributed by atoms with Crippen molar-refractivity contribution in [3.8, 4) is 0 Å². The van der Waals surface area contributed by atoms with Crippen molar-refractivity contribution in [2.24, 2.45) is 0 Å². The van der Waals surface area contributed by atoms with Crippen molar-refractivity contribution in [1.29, 1.82) is 0 Å². The van der Waals surface area contributed by atoms with Crippen LogP contribution in [0.15, 0.2) is 30.3 Å². The minimum Gasteiger partial charge on any atom is -0.388 e. The average Bonchev–Trinajstić information content (AvgIpc) is 2.69. The molecule has 3 fully saturated rings. The number of aliphatic hydroxyl groups excluding tert-OH is 1. The molecule has 0 bridgehead atoms. The molecule has 138 valence electrons. The first-order chi connectivity index (χ1) is 12.3. The summed E-state index contributed by atoms with van der Waals surface area (Å²) in [6, 6.07) is 9.46. The minimum atomic E-state index is -0.725. The lowest BCUT2D eigenvalue weighted by molar-refractivity contribution is -0.351. The van der Waals surface area contributed by atoms with Crippen molar-refractivity contribution in [3.63, 3.8) is 0 Å². The molecule has 0 spiro atoms. The van der Waals surface area contributed by atoms with Crippen LogP contribution in [-0.2, 0) is 23.7 Å². The van der Waals surface area contributed by atoms with Gasteiger partial charge in [-0.25, -0.2) is 0 Å². The summed E-state index contributed by atoms with van der Waals surface area (Å²) in [7, 11) is 1.60. The van der Waals surface area contributed by atoms with Gasteiger partial charge in [0.2, 0.25) is 0 Å². The Labute approximate surface area is 147 Å². The number of hydrogen-bond donors (Lipinski definition) is 1. The number of ether oxygens (including phenoxy) is 5. The number of benzene rings is 1. The summed E-state index contributed by atoms with van der Waals surface area (Å²) in [4.78, 5) is 2.16. The van der Waals surface area contributed by atoms with Gasteiger partial charge in [-0.3, -0.25) is 4.90 Å². The predicted octanol–water partition coefficient (Wildman–Crippen LogP) is 0.534. The molecule has 25 heavy (non-hydrogen) atoms. The van der Waals surface area contributed by atoms with Crippen LogP contribution in [0.25, 0.3) is 0 Å². The van der Waals surface area contributed by atoms with E-state index in [9.17, 15) is 5.11 Å². The maximum absolute atomic E-state index is 11.1. The molecule has 3 saturated heterocycles. The Balaban J connectivity index is 1.52. The van der Waals surface area contributed by atoms with Crippen LogP contribution in [0.5, 0.6) is 0 Å². The van der Waals surface area contributed by atoms with Crippen LogP contribution in [-0.4, -0.2) is 80.7 Å². The molecule has 3 aliphatic rings. The fraction of sp³-hybridized carbons (Fsp3) is 0.667. The molecular weight excluding hydrogens is 326 g/mol. The summed E-state index contributed by atoms with van der Waals surface area (Å²) >= 11 is 0. The van der Waals surface area contributed by atoms with Crippen LogP contribution in [0.1, 0.15) is 11.9 Å². The van der Waals surface area contributed by atoms with Gasteiger partial charge in [-0.2, -0.15) is 0 Å². The predicted molar refractivity (Wildman–Crippen MR) is 87.9 cm³/mol. The van der Waals surface area contributed by atoms with Crippen molar-refractivity contribution in [3.05, 3.63) is 35.9 Å². The monoisotopic (exact) mass is 351 g/mol. The highest BCUT2D eigenvalue weighted by atomic mass is 16.7. The van der Waals surface area contributed by atoms with Gasteiger partial charge in [0.25, 0.3) is 0 Å². The van der Waals surface area contributed by atoms with Gasteiger partial charge in [-0.05, 0) is 0 Å². The average molecular weight is 351 g/mol.